The Morgan fingerprint density at radius 2 is 2.08 bits per heavy atom. The summed E-state index contributed by atoms with van der Waals surface area (Å²) in [7, 11) is 1.66. The summed E-state index contributed by atoms with van der Waals surface area (Å²) in [5.41, 5.74) is 1.03. The SMILES string of the molecule is COC[C@@H]1CCCN1C(=O)C1CC(=O)N(Cc2ccc(Cl)cc2)C1. The van der Waals surface area contributed by atoms with Crippen molar-refractivity contribution in [1.29, 1.82) is 0 Å². The van der Waals surface area contributed by atoms with Crippen LogP contribution in [0.4, 0.5) is 0 Å². The summed E-state index contributed by atoms with van der Waals surface area (Å²) >= 11 is 5.89. The van der Waals surface area contributed by atoms with Crippen LogP contribution in [0, 0.1) is 5.92 Å². The van der Waals surface area contributed by atoms with Crippen LogP contribution in [0.25, 0.3) is 0 Å². The number of methoxy groups -OCH3 is 1. The van der Waals surface area contributed by atoms with Gasteiger partial charge in [0.1, 0.15) is 0 Å². The number of amides is 2. The normalized spacial score (nSPS) is 24.0. The van der Waals surface area contributed by atoms with Crippen molar-refractivity contribution in [3.63, 3.8) is 0 Å². The van der Waals surface area contributed by atoms with Gasteiger partial charge in [0, 0.05) is 38.2 Å². The van der Waals surface area contributed by atoms with Crippen LogP contribution in [0.2, 0.25) is 5.02 Å². The molecule has 3 rings (SSSR count). The molecule has 5 nitrogen and oxygen atoms in total. The average molecular weight is 351 g/mol. The summed E-state index contributed by atoms with van der Waals surface area (Å²) in [6, 6.07) is 7.63. The Kier molecular flexibility index (Phi) is 5.41. The lowest BCUT2D eigenvalue weighted by atomic mass is 10.1. The van der Waals surface area contributed by atoms with E-state index in [1.807, 2.05) is 29.2 Å². The first-order valence-electron chi connectivity index (χ1n) is 8.40. The topological polar surface area (TPSA) is 49.9 Å². The summed E-state index contributed by atoms with van der Waals surface area (Å²) < 4.78 is 5.22. The predicted octanol–water partition coefficient (Wildman–Crippen LogP) is 2.33. The smallest absolute Gasteiger partial charge is 0.228 e. The largest absolute Gasteiger partial charge is 0.383 e. The maximum atomic E-state index is 12.8. The second kappa shape index (κ2) is 7.53. The van der Waals surface area contributed by atoms with Gasteiger partial charge in [-0.2, -0.15) is 0 Å². The van der Waals surface area contributed by atoms with Crippen molar-refractivity contribution in [3.8, 4) is 0 Å². The Labute approximate surface area is 147 Å². The molecule has 2 fully saturated rings. The zero-order valence-electron chi connectivity index (χ0n) is 13.9. The minimum absolute atomic E-state index is 0.0470. The van der Waals surface area contributed by atoms with E-state index in [2.05, 4.69) is 0 Å². The number of halogens is 1. The molecule has 2 aliphatic rings. The number of ether oxygens (including phenoxy) is 1. The summed E-state index contributed by atoms with van der Waals surface area (Å²) in [4.78, 5) is 28.8. The molecule has 1 unspecified atom stereocenters. The van der Waals surface area contributed by atoms with E-state index in [1.165, 1.54) is 0 Å². The van der Waals surface area contributed by atoms with E-state index in [0.717, 1.165) is 24.9 Å². The molecule has 130 valence electrons. The lowest BCUT2D eigenvalue weighted by molar-refractivity contribution is -0.137. The first-order chi connectivity index (χ1) is 11.6. The van der Waals surface area contributed by atoms with E-state index in [9.17, 15) is 9.59 Å². The third-order valence-electron chi connectivity index (χ3n) is 4.87. The molecule has 2 aliphatic heterocycles. The monoisotopic (exact) mass is 350 g/mol. The van der Waals surface area contributed by atoms with E-state index in [4.69, 9.17) is 16.3 Å². The van der Waals surface area contributed by atoms with Crippen LogP contribution in [0.5, 0.6) is 0 Å². The van der Waals surface area contributed by atoms with E-state index >= 15 is 0 Å². The molecule has 6 heteroatoms. The Hall–Kier alpha value is -1.59. The van der Waals surface area contributed by atoms with Gasteiger partial charge in [0.15, 0.2) is 0 Å². The zero-order valence-corrected chi connectivity index (χ0v) is 14.7. The first kappa shape index (κ1) is 17.2. The quantitative estimate of drug-likeness (QED) is 0.819. The second-order valence-electron chi connectivity index (χ2n) is 6.58. The van der Waals surface area contributed by atoms with Gasteiger partial charge in [0.05, 0.1) is 18.6 Å². The lowest BCUT2D eigenvalue weighted by Crippen LogP contribution is -2.42. The van der Waals surface area contributed by atoms with Crippen LogP contribution in [0.3, 0.4) is 0 Å². The highest BCUT2D eigenvalue weighted by Crippen LogP contribution is 2.26. The number of likely N-dealkylation sites (tertiary alicyclic amines) is 2. The molecule has 2 saturated heterocycles. The second-order valence-corrected chi connectivity index (χ2v) is 7.02. The molecule has 2 amide bonds. The molecule has 24 heavy (non-hydrogen) atoms. The van der Waals surface area contributed by atoms with Gasteiger partial charge in [-0.1, -0.05) is 23.7 Å². The molecular formula is C18H23ClN2O3. The summed E-state index contributed by atoms with van der Waals surface area (Å²) in [5.74, 6) is -0.0884. The highest BCUT2D eigenvalue weighted by molar-refractivity contribution is 6.30. The maximum Gasteiger partial charge on any atom is 0.228 e. The van der Waals surface area contributed by atoms with Crippen molar-refractivity contribution in [2.75, 3.05) is 26.8 Å². The van der Waals surface area contributed by atoms with E-state index < -0.39 is 0 Å². The van der Waals surface area contributed by atoms with Gasteiger partial charge in [-0.3, -0.25) is 9.59 Å². The Morgan fingerprint density at radius 1 is 1.33 bits per heavy atom. The molecule has 0 saturated carbocycles. The van der Waals surface area contributed by atoms with E-state index in [1.54, 1.807) is 12.0 Å². The average Bonchev–Trinajstić information content (AvgIpc) is 3.17. The summed E-state index contributed by atoms with van der Waals surface area (Å²) in [5, 5.41) is 0.678. The standard InChI is InChI=1S/C18H23ClN2O3/c1-24-12-16-3-2-8-21(16)18(23)14-9-17(22)20(11-14)10-13-4-6-15(19)7-5-13/h4-7,14,16H,2-3,8-12H2,1H3/t14?,16-/m0/s1. The van der Waals surface area contributed by atoms with Crippen molar-refractivity contribution in [1.82, 2.24) is 9.80 Å². The van der Waals surface area contributed by atoms with Crippen LogP contribution < -0.4 is 0 Å². The van der Waals surface area contributed by atoms with E-state index in [0.29, 0.717) is 31.1 Å². The first-order valence-corrected chi connectivity index (χ1v) is 8.78. The number of benzene rings is 1. The van der Waals surface area contributed by atoms with Gasteiger partial charge in [-0.15, -0.1) is 0 Å². The fourth-order valence-electron chi connectivity index (χ4n) is 3.63. The molecule has 1 aromatic rings. The van der Waals surface area contributed by atoms with Gasteiger partial charge in [-0.05, 0) is 30.5 Å². The van der Waals surface area contributed by atoms with Gasteiger partial charge in [-0.25, -0.2) is 0 Å². The van der Waals surface area contributed by atoms with Gasteiger partial charge in [0.25, 0.3) is 0 Å². The number of nitrogens with zero attached hydrogens (tertiary/aromatic N) is 2. The van der Waals surface area contributed by atoms with Crippen LogP contribution in [-0.4, -0.2) is 54.5 Å². The molecule has 2 atom stereocenters. The van der Waals surface area contributed by atoms with Crippen LogP contribution in [0.15, 0.2) is 24.3 Å². The van der Waals surface area contributed by atoms with Crippen LogP contribution >= 0.6 is 11.6 Å². The molecule has 0 aliphatic carbocycles. The fourth-order valence-corrected chi connectivity index (χ4v) is 3.75. The molecule has 0 aromatic heterocycles. The summed E-state index contributed by atoms with van der Waals surface area (Å²) in [6.07, 6.45) is 2.30. The summed E-state index contributed by atoms with van der Waals surface area (Å²) in [6.45, 7) is 2.37. The van der Waals surface area contributed by atoms with Gasteiger partial charge < -0.3 is 14.5 Å². The number of carbonyl (C=O) groups excluding carboxylic acids is 2. The Balaban J connectivity index is 1.61. The molecule has 1 aromatic carbocycles. The lowest BCUT2D eigenvalue weighted by Gasteiger charge is -2.26. The van der Waals surface area contributed by atoms with Gasteiger partial charge >= 0.3 is 0 Å². The highest BCUT2D eigenvalue weighted by Gasteiger charge is 2.39. The third-order valence-corrected chi connectivity index (χ3v) is 5.12. The minimum atomic E-state index is -0.234. The van der Waals surface area contributed by atoms with Crippen molar-refractivity contribution >= 4 is 23.4 Å². The molecule has 0 spiro atoms. The van der Waals surface area contributed by atoms with Crippen molar-refractivity contribution < 1.29 is 14.3 Å². The fraction of sp³-hybridized carbons (Fsp3) is 0.556. The van der Waals surface area contributed by atoms with E-state index in [-0.39, 0.29) is 23.8 Å². The number of hydrogen-bond donors (Lipinski definition) is 0. The van der Waals surface area contributed by atoms with Crippen LogP contribution in [0.1, 0.15) is 24.8 Å². The predicted molar refractivity (Wildman–Crippen MR) is 91.6 cm³/mol. The van der Waals surface area contributed by atoms with Crippen LogP contribution in [-0.2, 0) is 20.9 Å². The molecule has 0 N–H and O–H groups in total. The molecule has 2 heterocycles. The van der Waals surface area contributed by atoms with Crippen molar-refractivity contribution in [3.05, 3.63) is 34.9 Å². The molecular weight excluding hydrogens is 328 g/mol. The highest BCUT2D eigenvalue weighted by atomic mass is 35.5. The molecule has 0 radical (unpaired) electrons. The maximum absolute atomic E-state index is 12.8. The molecule has 0 bridgehead atoms. The van der Waals surface area contributed by atoms with Gasteiger partial charge in [0.2, 0.25) is 11.8 Å². The Morgan fingerprint density at radius 3 is 2.79 bits per heavy atom. The van der Waals surface area contributed by atoms with Crippen molar-refractivity contribution in [2.45, 2.75) is 31.8 Å². The number of rotatable bonds is 5. The Bertz CT molecular complexity index is 605. The number of hydrogen-bond acceptors (Lipinski definition) is 3. The zero-order chi connectivity index (χ0) is 17.1. The third kappa shape index (κ3) is 3.73. The minimum Gasteiger partial charge on any atom is -0.383 e. The number of carbonyl (C=O) groups is 2. The van der Waals surface area contributed by atoms with Crippen molar-refractivity contribution in [2.24, 2.45) is 5.92 Å².